The lowest BCUT2D eigenvalue weighted by atomic mass is 9.99. The van der Waals surface area contributed by atoms with E-state index in [0.717, 1.165) is 55.7 Å². The van der Waals surface area contributed by atoms with E-state index in [4.69, 9.17) is 0 Å². The highest BCUT2D eigenvalue weighted by atomic mass is 16.1. The quantitative estimate of drug-likeness (QED) is 0.204. The van der Waals surface area contributed by atoms with Gasteiger partial charge in [-0.05, 0) is 100 Å². The van der Waals surface area contributed by atoms with Crippen LogP contribution in [0.4, 0.5) is 0 Å². The Balaban J connectivity index is 1.77. The first-order valence-corrected chi connectivity index (χ1v) is 14.4. The average Bonchev–Trinajstić information content (AvgIpc) is 2.95. The topological polar surface area (TPSA) is 44.0 Å². The second kappa shape index (κ2) is 9.28. The summed E-state index contributed by atoms with van der Waals surface area (Å²) in [4.78, 5) is 28.4. The Hall–Kier alpha value is -4.96. The van der Waals surface area contributed by atoms with Crippen LogP contribution in [-0.2, 0) is 0 Å². The van der Waals surface area contributed by atoms with Crippen LogP contribution in [0.15, 0.2) is 94.5 Å². The van der Waals surface area contributed by atoms with E-state index in [1.165, 1.54) is 11.1 Å². The maximum atomic E-state index is 14.2. The Morgan fingerprint density at radius 3 is 1.10 bits per heavy atom. The number of aromatic nitrogens is 2. The van der Waals surface area contributed by atoms with E-state index in [0.29, 0.717) is 21.5 Å². The van der Waals surface area contributed by atoms with Gasteiger partial charge in [0.2, 0.25) is 0 Å². The van der Waals surface area contributed by atoms with Gasteiger partial charge >= 0.3 is 0 Å². The molecule has 0 unspecified atom stereocenters. The Morgan fingerprint density at radius 2 is 0.738 bits per heavy atom. The molecule has 0 radical (unpaired) electrons. The first-order chi connectivity index (χ1) is 20.2. The van der Waals surface area contributed by atoms with Gasteiger partial charge in [0.05, 0.1) is 33.4 Å². The van der Waals surface area contributed by atoms with E-state index < -0.39 is 0 Å². The van der Waals surface area contributed by atoms with E-state index in [1.54, 1.807) is 0 Å². The summed E-state index contributed by atoms with van der Waals surface area (Å²) >= 11 is 0. The zero-order chi connectivity index (χ0) is 29.4. The van der Waals surface area contributed by atoms with Crippen LogP contribution in [0.3, 0.4) is 0 Å². The van der Waals surface area contributed by atoms with Gasteiger partial charge in [-0.15, -0.1) is 0 Å². The number of rotatable bonds is 2. The molecule has 2 aromatic heterocycles. The summed E-state index contributed by atoms with van der Waals surface area (Å²) < 4.78 is 4.36. The standard InChI is InChI=1S/C38H32N2O2/c1-21-15-23(3)35(24(4)16-21)39-31-13-9-7-11-27(31)37(41)29-20-34-30(19-33(29)39)38(42)28-12-8-10-14-32(28)40(34)36-25(5)17-22(2)18-26(36)6/h7-20H,1-6H3. The first kappa shape index (κ1) is 26.0. The fourth-order valence-electron chi connectivity index (χ4n) is 7.11. The molecule has 0 aliphatic carbocycles. The first-order valence-electron chi connectivity index (χ1n) is 14.4. The molecular formula is C38H32N2O2. The van der Waals surface area contributed by atoms with Gasteiger partial charge in [-0.25, -0.2) is 0 Å². The maximum absolute atomic E-state index is 14.2. The Labute approximate surface area is 244 Å². The van der Waals surface area contributed by atoms with Crippen molar-refractivity contribution in [2.24, 2.45) is 0 Å². The zero-order valence-electron chi connectivity index (χ0n) is 24.8. The normalized spacial score (nSPS) is 11.8. The smallest absolute Gasteiger partial charge is 0.197 e. The van der Waals surface area contributed by atoms with E-state index in [1.807, 2.05) is 60.7 Å². The summed E-state index contributed by atoms with van der Waals surface area (Å²) in [6.45, 7) is 12.6. The molecule has 0 aliphatic heterocycles. The minimum atomic E-state index is -0.0364. The zero-order valence-corrected chi connectivity index (χ0v) is 24.8. The third kappa shape index (κ3) is 3.68. The van der Waals surface area contributed by atoms with Gasteiger partial charge in [0.1, 0.15) is 0 Å². The molecular weight excluding hydrogens is 516 g/mol. The lowest BCUT2D eigenvalue weighted by molar-refractivity contribution is 1.09. The van der Waals surface area contributed by atoms with Crippen LogP contribution < -0.4 is 10.9 Å². The Kier molecular flexibility index (Phi) is 5.74. The van der Waals surface area contributed by atoms with Gasteiger partial charge in [0, 0.05) is 21.5 Å². The minimum Gasteiger partial charge on any atom is -0.308 e. The summed E-state index contributed by atoms with van der Waals surface area (Å²) in [6.07, 6.45) is 0. The molecule has 5 aromatic carbocycles. The number of para-hydroxylation sites is 2. The molecule has 0 aliphatic rings. The van der Waals surface area contributed by atoms with Crippen molar-refractivity contribution < 1.29 is 0 Å². The molecule has 0 saturated carbocycles. The van der Waals surface area contributed by atoms with E-state index in [9.17, 15) is 9.59 Å². The number of hydrogen-bond donors (Lipinski definition) is 0. The predicted octanol–water partition coefficient (Wildman–Crippen LogP) is 8.45. The largest absolute Gasteiger partial charge is 0.308 e. The molecule has 0 fully saturated rings. The van der Waals surface area contributed by atoms with Crippen molar-refractivity contribution >= 4 is 43.6 Å². The molecule has 4 nitrogen and oxygen atoms in total. The van der Waals surface area contributed by atoms with Crippen molar-refractivity contribution in [2.75, 3.05) is 0 Å². The van der Waals surface area contributed by atoms with E-state index in [-0.39, 0.29) is 10.9 Å². The fourth-order valence-corrected chi connectivity index (χ4v) is 7.11. The van der Waals surface area contributed by atoms with Crippen molar-refractivity contribution in [3.63, 3.8) is 0 Å². The Morgan fingerprint density at radius 1 is 0.405 bits per heavy atom. The number of aryl methyl sites for hydroxylation is 6. The maximum Gasteiger partial charge on any atom is 0.197 e. The second-order valence-electron chi connectivity index (χ2n) is 11.7. The summed E-state index contributed by atoms with van der Waals surface area (Å²) in [5, 5.41) is 2.49. The Bertz CT molecular complexity index is 2190. The van der Waals surface area contributed by atoms with Crippen LogP contribution >= 0.6 is 0 Å². The number of hydrogen-bond acceptors (Lipinski definition) is 2. The lowest BCUT2D eigenvalue weighted by Crippen LogP contribution is -2.16. The third-order valence-corrected chi connectivity index (χ3v) is 8.58. The number of pyridine rings is 2. The molecule has 4 heteroatoms. The molecule has 0 saturated heterocycles. The summed E-state index contributed by atoms with van der Waals surface area (Å²) in [6, 6.07) is 28.1. The molecule has 0 N–H and O–H groups in total. The van der Waals surface area contributed by atoms with Crippen molar-refractivity contribution in [2.45, 2.75) is 41.5 Å². The van der Waals surface area contributed by atoms with Crippen molar-refractivity contribution in [1.29, 1.82) is 0 Å². The molecule has 7 aromatic rings. The van der Waals surface area contributed by atoms with E-state index in [2.05, 4.69) is 74.9 Å². The van der Waals surface area contributed by atoms with Crippen LogP contribution in [0.2, 0.25) is 0 Å². The monoisotopic (exact) mass is 548 g/mol. The number of nitrogens with zero attached hydrogens (tertiary/aromatic N) is 2. The summed E-state index contributed by atoms with van der Waals surface area (Å²) in [5.74, 6) is 0. The molecule has 42 heavy (non-hydrogen) atoms. The average molecular weight is 549 g/mol. The highest BCUT2D eigenvalue weighted by molar-refractivity contribution is 6.05. The van der Waals surface area contributed by atoms with Gasteiger partial charge in [-0.3, -0.25) is 9.59 Å². The van der Waals surface area contributed by atoms with Gasteiger partial charge in [0.15, 0.2) is 10.9 Å². The molecule has 2 heterocycles. The van der Waals surface area contributed by atoms with Crippen molar-refractivity contribution in [3.05, 3.63) is 139 Å². The number of fused-ring (bicyclic) bond motifs is 4. The van der Waals surface area contributed by atoms with Crippen LogP contribution in [0, 0.1) is 41.5 Å². The minimum absolute atomic E-state index is 0.0364. The van der Waals surface area contributed by atoms with Crippen LogP contribution in [0.1, 0.15) is 33.4 Å². The molecule has 0 bridgehead atoms. The third-order valence-electron chi connectivity index (χ3n) is 8.58. The second-order valence-corrected chi connectivity index (χ2v) is 11.7. The molecule has 7 rings (SSSR count). The van der Waals surface area contributed by atoms with Crippen molar-refractivity contribution in [3.8, 4) is 11.4 Å². The SMILES string of the molecule is Cc1cc(C)c(-n2c3ccccc3c(=O)c3cc4c(cc32)c(=O)c2ccccc2n4-c2c(C)cc(C)cc2C)c(C)c1. The van der Waals surface area contributed by atoms with Gasteiger partial charge in [-0.1, -0.05) is 59.7 Å². The van der Waals surface area contributed by atoms with Gasteiger partial charge in [-0.2, -0.15) is 0 Å². The number of benzene rings is 5. The van der Waals surface area contributed by atoms with Gasteiger partial charge < -0.3 is 9.13 Å². The van der Waals surface area contributed by atoms with Crippen LogP contribution in [0.5, 0.6) is 0 Å². The molecule has 206 valence electrons. The summed E-state index contributed by atoms with van der Waals surface area (Å²) in [7, 11) is 0. The van der Waals surface area contributed by atoms with Crippen LogP contribution in [0.25, 0.3) is 55.0 Å². The summed E-state index contributed by atoms with van der Waals surface area (Å²) in [5.41, 5.74) is 12.0. The van der Waals surface area contributed by atoms with E-state index >= 15 is 0 Å². The highest BCUT2D eigenvalue weighted by Gasteiger charge is 2.21. The predicted molar refractivity (Wildman–Crippen MR) is 176 cm³/mol. The van der Waals surface area contributed by atoms with Crippen molar-refractivity contribution in [1.82, 2.24) is 9.13 Å². The molecule has 0 amide bonds. The highest BCUT2D eigenvalue weighted by Crippen LogP contribution is 2.34. The van der Waals surface area contributed by atoms with Gasteiger partial charge in [0.25, 0.3) is 0 Å². The molecule has 0 spiro atoms. The fraction of sp³-hybridized carbons (Fsp3) is 0.158. The molecule has 0 atom stereocenters. The van der Waals surface area contributed by atoms with Crippen LogP contribution in [-0.4, -0.2) is 9.13 Å². The lowest BCUT2D eigenvalue weighted by Gasteiger charge is -2.23.